The minimum Gasteiger partial charge on any atom is -0.478 e. The van der Waals surface area contributed by atoms with Crippen LogP contribution in [0.15, 0.2) is 30.8 Å². The zero-order valence-electron chi connectivity index (χ0n) is 8.16. The summed E-state index contributed by atoms with van der Waals surface area (Å²) in [5.41, 5.74) is 1.11. The molecule has 0 aliphatic carbocycles. The van der Waals surface area contributed by atoms with Crippen molar-refractivity contribution < 1.29 is 4.74 Å². The SMILES string of the molecule is C=Cc1ccc(OCN(C)C)cc1. The van der Waals surface area contributed by atoms with Gasteiger partial charge in [0, 0.05) is 0 Å². The van der Waals surface area contributed by atoms with E-state index in [9.17, 15) is 0 Å². The van der Waals surface area contributed by atoms with Crippen LogP contribution >= 0.6 is 0 Å². The van der Waals surface area contributed by atoms with Crippen molar-refractivity contribution in [3.05, 3.63) is 36.4 Å². The molecule has 0 bridgehead atoms. The maximum atomic E-state index is 5.46. The Balaban J connectivity index is 2.54. The summed E-state index contributed by atoms with van der Waals surface area (Å²) >= 11 is 0. The topological polar surface area (TPSA) is 12.5 Å². The van der Waals surface area contributed by atoms with Crippen molar-refractivity contribution in [3.8, 4) is 5.75 Å². The van der Waals surface area contributed by atoms with E-state index in [1.807, 2.05) is 49.3 Å². The van der Waals surface area contributed by atoms with Crippen molar-refractivity contribution in [2.24, 2.45) is 0 Å². The third-order valence-corrected chi connectivity index (χ3v) is 1.61. The van der Waals surface area contributed by atoms with Gasteiger partial charge in [0.15, 0.2) is 0 Å². The fourth-order valence-corrected chi connectivity index (χ4v) is 0.904. The fourth-order valence-electron chi connectivity index (χ4n) is 0.904. The monoisotopic (exact) mass is 177 g/mol. The molecule has 0 atom stereocenters. The Kier molecular flexibility index (Phi) is 3.53. The molecule has 2 heteroatoms. The van der Waals surface area contributed by atoms with E-state index in [4.69, 9.17) is 4.74 Å². The van der Waals surface area contributed by atoms with Crippen LogP contribution in [0.25, 0.3) is 6.08 Å². The Morgan fingerprint density at radius 1 is 1.31 bits per heavy atom. The second-order valence-corrected chi connectivity index (χ2v) is 3.13. The lowest BCUT2D eigenvalue weighted by molar-refractivity contribution is 0.179. The third-order valence-electron chi connectivity index (χ3n) is 1.61. The molecule has 70 valence electrons. The minimum absolute atomic E-state index is 0.605. The molecule has 1 rings (SSSR count). The van der Waals surface area contributed by atoms with E-state index in [2.05, 4.69) is 6.58 Å². The summed E-state index contributed by atoms with van der Waals surface area (Å²) in [7, 11) is 3.94. The molecule has 1 aromatic rings. The lowest BCUT2D eigenvalue weighted by Crippen LogP contribution is -2.18. The summed E-state index contributed by atoms with van der Waals surface area (Å²) < 4.78 is 5.46. The van der Waals surface area contributed by atoms with Crippen LogP contribution in [0.3, 0.4) is 0 Å². The first-order chi connectivity index (χ1) is 6.22. The van der Waals surface area contributed by atoms with Gasteiger partial charge in [0.25, 0.3) is 0 Å². The van der Waals surface area contributed by atoms with Crippen LogP contribution in [0.1, 0.15) is 5.56 Å². The molecule has 0 saturated heterocycles. The summed E-state index contributed by atoms with van der Waals surface area (Å²) in [5, 5.41) is 0. The van der Waals surface area contributed by atoms with Crippen molar-refractivity contribution >= 4 is 6.08 Å². The molecule has 0 saturated carbocycles. The average Bonchev–Trinajstić information content (AvgIpc) is 2.15. The van der Waals surface area contributed by atoms with Gasteiger partial charge < -0.3 is 4.74 Å². The van der Waals surface area contributed by atoms with E-state index in [-0.39, 0.29) is 0 Å². The molecular weight excluding hydrogens is 162 g/mol. The Labute approximate surface area is 79.4 Å². The quantitative estimate of drug-likeness (QED) is 0.654. The number of hydrogen-bond donors (Lipinski definition) is 0. The smallest absolute Gasteiger partial charge is 0.141 e. The first-order valence-electron chi connectivity index (χ1n) is 4.22. The van der Waals surface area contributed by atoms with Crippen molar-refractivity contribution in [2.45, 2.75) is 0 Å². The second kappa shape index (κ2) is 4.67. The molecule has 0 aromatic heterocycles. The van der Waals surface area contributed by atoms with Crippen LogP contribution in [-0.2, 0) is 0 Å². The molecular formula is C11H15NO. The molecule has 13 heavy (non-hydrogen) atoms. The van der Waals surface area contributed by atoms with Crippen LogP contribution < -0.4 is 4.74 Å². The third kappa shape index (κ3) is 3.30. The van der Waals surface area contributed by atoms with Gasteiger partial charge >= 0.3 is 0 Å². The predicted molar refractivity (Wildman–Crippen MR) is 55.7 cm³/mol. The van der Waals surface area contributed by atoms with Gasteiger partial charge in [-0.1, -0.05) is 24.8 Å². The van der Waals surface area contributed by atoms with Crippen LogP contribution in [0.5, 0.6) is 5.75 Å². The van der Waals surface area contributed by atoms with Crippen molar-refractivity contribution in [1.29, 1.82) is 0 Å². The van der Waals surface area contributed by atoms with Gasteiger partial charge in [-0.15, -0.1) is 0 Å². The molecule has 1 aromatic carbocycles. The van der Waals surface area contributed by atoms with Crippen molar-refractivity contribution in [3.63, 3.8) is 0 Å². The molecule has 0 fully saturated rings. The van der Waals surface area contributed by atoms with Gasteiger partial charge in [0.05, 0.1) is 0 Å². The highest BCUT2D eigenvalue weighted by molar-refractivity contribution is 5.48. The fraction of sp³-hybridized carbons (Fsp3) is 0.273. The van der Waals surface area contributed by atoms with E-state index < -0.39 is 0 Å². The molecule has 0 radical (unpaired) electrons. The average molecular weight is 177 g/mol. The maximum absolute atomic E-state index is 5.46. The predicted octanol–water partition coefficient (Wildman–Crippen LogP) is 2.23. The number of benzene rings is 1. The maximum Gasteiger partial charge on any atom is 0.141 e. The Bertz CT molecular complexity index is 264. The first-order valence-corrected chi connectivity index (χ1v) is 4.22. The number of rotatable bonds is 4. The lowest BCUT2D eigenvalue weighted by atomic mass is 10.2. The summed E-state index contributed by atoms with van der Waals surface area (Å²) in [4.78, 5) is 1.97. The standard InChI is InChI=1S/C11H15NO/c1-4-10-5-7-11(8-6-10)13-9-12(2)3/h4-8H,1,9H2,2-3H3. The number of hydrogen-bond acceptors (Lipinski definition) is 2. The van der Waals surface area contributed by atoms with Crippen LogP contribution in [0.4, 0.5) is 0 Å². The largest absolute Gasteiger partial charge is 0.478 e. The molecule has 0 aliphatic heterocycles. The van der Waals surface area contributed by atoms with E-state index >= 15 is 0 Å². The summed E-state index contributed by atoms with van der Waals surface area (Å²) in [6.07, 6.45) is 1.82. The number of nitrogens with zero attached hydrogens (tertiary/aromatic N) is 1. The zero-order chi connectivity index (χ0) is 9.68. The van der Waals surface area contributed by atoms with E-state index in [1.165, 1.54) is 0 Å². The molecule has 2 nitrogen and oxygen atoms in total. The highest BCUT2D eigenvalue weighted by Gasteiger charge is 1.93. The summed E-state index contributed by atoms with van der Waals surface area (Å²) in [5.74, 6) is 0.888. The molecule has 0 unspecified atom stereocenters. The molecule has 0 amide bonds. The second-order valence-electron chi connectivity index (χ2n) is 3.13. The van der Waals surface area contributed by atoms with E-state index in [1.54, 1.807) is 0 Å². The summed E-state index contributed by atoms with van der Waals surface area (Å²) in [6, 6.07) is 7.86. The first kappa shape index (κ1) is 9.81. The zero-order valence-corrected chi connectivity index (χ0v) is 8.16. The number of ether oxygens (including phenoxy) is 1. The molecule has 0 spiro atoms. The Morgan fingerprint density at radius 3 is 2.38 bits per heavy atom. The van der Waals surface area contributed by atoms with E-state index in [0.29, 0.717) is 6.73 Å². The minimum atomic E-state index is 0.605. The van der Waals surface area contributed by atoms with Gasteiger partial charge in [0.2, 0.25) is 0 Å². The molecule has 0 N–H and O–H groups in total. The highest BCUT2D eigenvalue weighted by Crippen LogP contribution is 2.12. The molecule has 0 aliphatic rings. The normalized spacial score (nSPS) is 10.1. The Morgan fingerprint density at radius 2 is 1.92 bits per heavy atom. The Hall–Kier alpha value is -1.28. The van der Waals surface area contributed by atoms with Gasteiger partial charge in [-0.2, -0.15) is 0 Å². The van der Waals surface area contributed by atoms with Gasteiger partial charge in [-0.3, -0.25) is 4.90 Å². The van der Waals surface area contributed by atoms with Gasteiger partial charge in [-0.05, 0) is 31.8 Å². The summed E-state index contributed by atoms with van der Waals surface area (Å²) in [6.45, 7) is 4.29. The molecule has 0 heterocycles. The van der Waals surface area contributed by atoms with Crippen LogP contribution in [0.2, 0.25) is 0 Å². The van der Waals surface area contributed by atoms with Crippen molar-refractivity contribution in [2.75, 3.05) is 20.8 Å². The lowest BCUT2D eigenvalue weighted by Gasteiger charge is -2.11. The van der Waals surface area contributed by atoms with Crippen LogP contribution in [-0.4, -0.2) is 25.7 Å². The van der Waals surface area contributed by atoms with Gasteiger partial charge in [0.1, 0.15) is 12.5 Å². The highest BCUT2D eigenvalue weighted by atomic mass is 16.5. The van der Waals surface area contributed by atoms with Crippen molar-refractivity contribution in [1.82, 2.24) is 4.90 Å². The van der Waals surface area contributed by atoms with Gasteiger partial charge in [-0.25, -0.2) is 0 Å². The van der Waals surface area contributed by atoms with Crippen LogP contribution in [0, 0.1) is 0 Å². The van der Waals surface area contributed by atoms with E-state index in [0.717, 1.165) is 11.3 Å².